The Kier molecular flexibility index (Phi) is 10.9. The largest absolute Gasteiger partial charge is 0.434 e. The molecule has 1 rings (SSSR count). The van der Waals surface area contributed by atoms with Crippen LogP contribution in [0.15, 0.2) is 29.3 Å². The average molecular weight is 470 g/mol. The molecular weight excluding hydrogens is 441 g/mol. The van der Waals surface area contributed by atoms with E-state index in [0.29, 0.717) is 18.1 Å². The predicted octanol–water partition coefficient (Wildman–Crippen LogP) is 3.16. The third-order valence-corrected chi connectivity index (χ3v) is 3.34. The summed E-state index contributed by atoms with van der Waals surface area (Å²) in [7, 11) is 5.75. The lowest BCUT2D eigenvalue weighted by Gasteiger charge is -2.29. The highest BCUT2D eigenvalue weighted by Gasteiger charge is 2.19. The van der Waals surface area contributed by atoms with Crippen LogP contribution in [0, 0.1) is 5.41 Å². The second-order valence-electron chi connectivity index (χ2n) is 6.67. The van der Waals surface area contributed by atoms with Gasteiger partial charge in [0.05, 0.1) is 0 Å². The summed E-state index contributed by atoms with van der Waals surface area (Å²) < 4.78 is 29.4. The summed E-state index contributed by atoms with van der Waals surface area (Å²) in [5, 5.41) is 6.39. The fourth-order valence-corrected chi connectivity index (χ4v) is 2.50. The molecule has 0 fully saturated rings. The summed E-state index contributed by atoms with van der Waals surface area (Å²) in [4.78, 5) is 6.30. The zero-order chi connectivity index (χ0) is 18.2. The summed E-state index contributed by atoms with van der Waals surface area (Å²) in [6.07, 6.45) is 0. The minimum absolute atomic E-state index is 0. The number of aliphatic imine (C=N–C) groups is 1. The third kappa shape index (κ3) is 9.78. The normalized spacial score (nSPS) is 12.1. The lowest BCUT2D eigenvalue weighted by Crippen LogP contribution is -2.44. The van der Waals surface area contributed by atoms with E-state index in [9.17, 15) is 8.78 Å². The van der Waals surface area contributed by atoms with Gasteiger partial charge in [-0.3, -0.25) is 4.99 Å². The SMILES string of the molecule is CN=C(NCc1ccccc1OC(F)F)NCC(C)(C)CN(C)C.I. The topological polar surface area (TPSA) is 48.9 Å². The molecule has 1 aromatic rings. The number of benzene rings is 1. The van der Waals surface area contributed by atoms with Crippen molar-refractivity contribution in [1.29, 1.82) is 0 Å². The fourth-order valence-electron chi connectivity index (χ4n) is 2.50. The summed E-state index contributed by atoms with van der Waals surface area (Å²) >= 11 is 0. The summed E-state index contributed by atoms with van der Waals surface area (Å²) in [6.45, 7) is 3.51. The van der Waals surface area contributed by atoms with Crippen LogP contribution in [0.25, 0.3) is 0 Å². The fraction of sp³-hybridized carbons (Fsp3) is 0.588. The Morgan fingerprint density at radius 3 is 2.44 bits per heavy atom. The van der Waals surface area contributed by atoms with Gasteiger partial charge in [-0.05, 0) is 25.6 Å². The lowest BCUT2D eigenvalue weighted by atomic mass is 9.93. The van der Waals surface area contributed by atoms with Gasteiger partial charge in [0.2, 0.25) is 0 Å². The van der Waals surface area contributed by atoms with Crippen molar-refractivity contribution in [2.24, 2.45) is 10.4 Å². The Morgan fingerprint density at radius 1 is 1.24 bits per heavy atom. The van der Waals surface area contributed by atoms with Crippen molar-refractivity contribution < 1.29 is 13.5 Å². The van der Waals surface area contributed by atoms with Gasteiger partial charge < -0.3 is 20.3 Å². The minimum atomic E-state index is -2.84. The number of hydrogen-bond donors (Lipinski definition) is 2. The molecule has 1 aromatic carbocycles. The molecule has 0 saturated carbocycles. The van der Waals surface area contributed by atoms with E-state index in [-0.39, 0.29) is 35.1 Å². The van der Waals surface area contributed by atoms with Crippen LogP contribution in [-0.4, -0.2) is 51.7 Å². The van der Waals surface area contributed by atoms with E-state index in [1.54, 1.807) is 25.2 Å². The van der Waals surface area contributed by atoms with Gasteiger partial charge in [-0.2, -0.15) is 8.78 Å². The first kappa shape index (κ1) is 23.8. The van der Waals surface area contributed by atoms with Crippen molar-refractivity contribution in [2.45, 2.75) is 27.0 Å². The monoisotopic (exact) mass is 470 g/mol. The van der Waals surface area contributed by atoms with Crippen LogP contribution >= 0.6 is 24.0 Å². The van der Waals surface area contributed by atoms with Crippen LogP contribution in [-0.2, 0) is 6.54 Å². The van der Waals surface area contributed by atoms with E-state index in [1.165, 1.54) is 6.07 Å². The molecule has 25 heavy (non-hydrogen) atoms. The minimum Gasteiger partial charge on any atom is -0.434 e. The Bertz CT molecular complexity index is 539. The zero-order valence-corrected chi connectivity index (χ0v) is 17.8. The van der Waals surface area contributed by atoms with Crippen molar-refractivity contribution in [2.75, 3.05) is 34.2 Å². The van der Waals surface area contributed by atoms with Crippen LogP contribution in [0.3, 0.4) is 0 Å². The van der Waals surface area contributed by atoms with Gasteiger partial charge in [0.25, 0.3) is 0 Å². The predicted molar refractivity (Wildman–Crippen MR) is 109 cm³/mol. The Balaban J connectivity index is 0.00000576. The van der Waals surface area contributed by atoms with Crippen LogP contribution in [0.5, 0.6) is 5.75 Å². The molecule has 0 radical (unpaired) electrons. The van der Waals surface area contributed by atoms with Crippen molar-refractivity contribution >= 4 is 29.9 Å². The molecule has 0 heterocycles. The molecule has 0 amide bonds. The molecule has 5 nitrogen and oxygen atoms in total. The van der Waals surface area contributed by atoms with Gasteiger partial charge in [0.15, 0.2) is 5.96 Å². The van der Waals surface area contributed by atoms with Crippen LogP contribution in [0.1, 0.15) is 19.4 Å². The lowest BCUT2D eigenvalue weighted by molar-refractivity contribution is -0.0504. The smallest absolute Gasteiger partial charge is 0.387 e. The molecule has 0 bridgehead atoms. The number of nitrogens with zero attached hydrogens (tertiary/aromatic N) is 2. The maximum absolute atomic E-state index is 12.4. The first-order valence-electron chi connectivity index (χ1n) is 7.85. The Morgan fingerprint density at radius 2 is 1.88 bits per heavy atom. The van der Waals surface area contributed by atoms with Crippen molar-refractivity contribution in [1.82, 2.24) is 15.5 Å². The molecule has 2 N–H and O–H groups in total. The summed E-state index contributed by atoms with van der Waals surface area (Å²) in [5.74, 6) is 0.789. The molecule has 0 aliphatic rings. The Labute approximate surface area is 166 Å². The first-order valence-corrected chi connectivity index (χ1v) is 7.85. The molecule has 0 aromatic heterocycles. The maximum atomic E-state index is 12.4. The summed E-state index contributed by atoms with van der Waals surface area (Å²) in [5.41, 5.74) is 0.714. The van der Waals surface area contributed by atoms with Crippen molar-refractivity contribution in [3.63, 3.8) is 0 Å². The van der Waals surface area contributed by atoms with Gasteiger partial charge in [0.1, 0.15) is 5.75 Å². The highest BCUT2D eigenvalue weighted by molar-refractivity contribution is 14.0. The number of alkyl halides is 2. The van der Waals surface area contributed by atoms with Gasteiger partial charge in [0, 0.05) is 32.2 Å². The number of rotatable bonds is 8. The molecule has 0 saturated heterocycles. The molecule has 0 aliphatic heterocycles. The second-order valence-corrected chi connectivity index (χ2v) is 6.67. The van der Waals surface area contributed by atoms with E-state index in [0.717, 1.165) is 13.1 Å². The number of nitrogens with one attached hydrogen (secondary N) is 2. The van der Waals surface area contributed by atoms with Gasteiger partial charge in [-0.25, -0.2) is 0 Å². The number of guanidine groups is 1. The van der Waals surface area contributed by atoms with Crippen LogP contribution in [0.4, 0.5) is 8.78 Å². The number of ether oxygens (including phenoxy) is 1. The molecular formula is C17H29F2IN4O. The standard InChI is InChI=1S/C17H28F2N4O.HI/c1-17(2,12-23(4)5)11-22-16(20-3)21-10-13-8-6-7-9-14(13)24-15(18)19;/h6-9,15H,10-12H2,1-5H3,(H2,20,21,22);1H. The van der Waals surface area contributed by atoms with E-state index < -0.39 is 6.61 Å². The zero-order valence-electron chi connectivity index (χ0n) is 15.5. The van der Waals surface area contributed by atoms with Gasteiger partial charge in [-0.1, -0.05) is 32.0 Å². The molecule has 144 valence electrons. The van der Waals surface area contributed by atoms with Gasteiger partial charge in [-0.15, -0.1) is 24.0 Å². The third-order valence-electron chi connectivity index (χ3n) is 3.34. The van der Waals surface area contributed by atoms with Crippen LogP contribution < -0.4 is 15.4 Å². The molecule has 0 unspecified atom stereocenters. The molecule has 0 atom stereocenters. The first-order chi connectivity index (χ1) is 11.2. The molecule has 0 spiro atoms. The van der Waals surface area contributed by atoms with E-state index in [2.05, 4.69) is 39.1 Å². The highest BCUT2D eigenvalue weighted by atomic mass is 127. The Hall–Kier alpha value is -1.16. The summed E-state index contributed by atoms with van der Waals surface area (Å²) in [6, 6.07) is 6.72. The molecule has 0 aliphatic carbocycles. The van der Waals surface area contributed by atoms with Crippen LogP contribution in [0.2, 0.25) is 0 Å². The van der Waals surface area contributed by atoms with Gasteiger partial charge >= 0.3 is 6.61 Å². The number of hydrogen-bond acceptors (Lipinski definition) is 3. The second kappa shape index (κ2) is 11.5. The number of para-hydroxylation sites is 1. The highest BCUT2D eigenvalue weighted by Crippen LogP contribution is 2.20. The molecule has 8 heteroatoms. The maximum Gasteiger partial charge on any atom is 0.387 e. The quantitative estimate of drug-likeness (QED) is 0.348. The number of halogens is 3. The van der Waals surface area contributed by atoms with E-state index in [1.807, 2.05) is 14.1 Å². The van der Waals surface area contributed by atoms with E-state index >= 15 is 0 Å². The average Bonchev–Trinajstić information content (AvgIpc) is 2.47. The van der Waals surface area contributed by atoms with Crippen molar-refractivity contribution in [3.8, 4) is 5.75 Å². The van der Waals surface area contributed by atoms with E-state index in [4.69, 9.17) is 0 Å². The van der Waals surface area contributed by atoms with Crippen molar-refractivity contribution in [3.05, 3.63) is 29.8 Å².